The number of para-hydroxylation sites is 1. The Morgan fingerprint density at radius 1 is 1.12 bits per heavy atom. The predicted molar refractivity (Wildman–Crippen MR) is 101 cm³/mol. The number of nitrogens with zero attached hydrogens (tertiary/aromatic N) is 4. The lowest BCUT2D eigenvalue weighted by Crippen LogP contribution is -2.04. The Morgan fingerprint density at radius 3 is 2.72 bits per heavy atom. The van der Waals surface area contributed by atoms with Crippen LogP contribution in [0.1, 0.15) is 5.56 Å². The molecule has 0 saturated heterocycles. The number of rotatable bonds is 4. The minimum atomic E-state index is 0.618. The normalized spacial score (nSPS) is 11.0. The maximum Gasteiger partial charge on any atom is 0.160 e. The van der Waals surface area contributed by atoms with E-state index in [-0.39, 0.29) is 0 Å². The number of benzene rings is 1. The summed E-state index contributed by atoms with van der Waals surface area (Å²) in [7, 11) is 1.68. The van der Waals surface area contributed by atoms with Crippen molar-refractivity contribution in [2.24, 2.45) is 0 Å². The lowest BCUT2D eigenvalue weighted by atomic mass is 10.2. The Bertz CT molecular complexity index is 1030. The number of hydrogen-bond acceptors (Lipinski definition) is 4. The molecular weight excluding hydrogens is 380 g/mol. The summed E-state index contributed by atoms with van der Waals surface area (Å²) >= 11 is 3.47. The minimum absolute atomic E-state index is 0.618. The third kappa shape index (κ3) is 3.00. The van der Waals surface area contributed by atoms with Crippen molar-refractivity contribution in [3.8, 4) is 17.1 Å². The third-order valence-corrected chi connectivity index (χ3v) is 4.44. The highest BCUT2D eigenvalue weighted by atomic mass is 79.9. The fourth-order valence-electron chi connectivity index (χ4n) is 2.86. The first-order valence-electron chi connectivity index (χ1n) is 7.80. The Kier molecular flexibility index (Phi) is 4.19. The quantitative estimate of drug-likeness (QED) is 0.517. The van der Waals surface area contributed by atoms with Crippen LogP contribution in [0.5, 0.6) is 5.75 Å². The summed E-state index contributed by atoms with van der Waals surface area (Å²) in [4.78, 5) is 13.5. The van der Waals surface area contributed by atoms with Gasteiger partial charge in [0, 0.05) is 34.2 Å². The SMILES string of the molecule is COc1ccccc1Cn1c(-c2ccncc2)nc2cc(Br)cnc21. The molecule has 0 spiro atoms. The molecule has 4 aromatic rings. The molecule has 0 fully saturated rings. The second kappa shape index (κ2) is 6.64. The topological polar surface area (TPSA) is 52.8 Å². The first-order valence-corrected chi connectivity index (χ1v) is 8.59. The first kappa shape index (κ1) is 15.8. The third-order valence-electron chi connectivity index (χ3n) is 4.01. The van der Waals surface area contributed by atoms with Crippen LogP contribution >= 0.6 is 15.9 Å². The van der Waals surface area contributed by atoms with Gasteiger partial charge in [-0.2, -0.15) is 0 Å². The zero-order chi connectivity index (χ0) is 17.2. The molecule has 6 heteroatoms. The van der Waals surface area contributed by atoms with Gasteiger partial charge < -0.3 is 9.30 Å². The van der Waals surface area contributed by atoms with Crippen LogP contribution in [0.15, 0.2) is 65.5 Å². The molecule has 25 heavy (non-hydrogen) atoms. The van der Waals surface area contributed by atoms with Gasteiger partial charge in [0.1, 0.15) is 17.1 Å². The van der Waals surface area contributed by atoms with Gasteiger partial charge in [-0.3, -0.25) is 4.98 Å². The number of aromatic nitrogens is 4. The summed E-state index contributed by atoms with van der Waals surface area (Å²) in [5.41, 5.74) is 3.75. The molecule has 0 bridgehead atoms. The van der Waals surface area contributed by atoms with E-state index in [1.165, 1.54) is 0 Å². The maximum absolute atomic E-state index is 5.50. The largest absolute Gasteiger partial charge is 0.496 e. The van der Waals surface area contributed by atoms with Crippen LogP contribution in [0.3, 0.4) is 0 Å². The van der Waals surface area contributed by atoms with Gasteiger partial charge in [-0.25, -0.2) is 9.97 Å². The van der Waals surface area contributed by atoms with Crippen LogP contribution in [-0.2, 0) is 6.54 Å². The molecule has 0 saturated carbocycles. The van der Waals surface area contributed by atoms with Gasteiger partial charge >= 0.3 is 0 Å². The lowest BCUT2D eigenvalue weighted by molar-refractivity contribution is 0.408. The minimum Gasteiger partial charge on any atom is -0.496 e. The van der Waals surface area contributed by atoms with Crippen LogP contribution in [0, 0.1) is 0 Å². The number of fused-ring (bicyclic) bond motifs is 1. The smallest absolute Gasteiger partial charge is 0.160 e. The van der Waals surface area contributed by atoms with Crippen LogP contribution < -0.4 is 4.74 Å². The number of imidazole rings is 1. The van der Waals surface area contributed by atoms with Crippen LogP contribution in [0.25, 0.3) is 22.6 Å². The summed E-state index contributed by atoms with van der Waals surface area (Å²) < 4.78 is 8.51. The molecule has 0 unspecified atom stereocenters. The molecule has 3 heterocycles. The molecule has 0 amide bonds. The summed E-state index contributed by atoms with van der Waals surface area (Å²) in [6.45, 7) is 0.618. The van der Waals surface area contributed by atoms with E-state index in [1.54, 1.807) is 25.7 Å². The van der Waals surface area contributed by atoms with Gasteiger partial charge in [-0.05, 0) is 40.2 Å². The summed E-state index contributed by atoms with van der Waals surface area (Å²) in [6, 6.07) is 13.9. The molecule has 0 N–H and O–H groups in total. The number of ether oxygens (including phenoxy) is 1. The first-order chi connectivity index (χ1) is 12.3. The van der Waals surface area contributed by atoms with Gasteiger partial charge in [0.25, 0.3) is 0 Å². The molecular formula is C19H15BrN4O. The van der Waals surface area contributed by atoms with Crippen molar-refractivity contribution >= 4 is 27.1 Å². The van der Waals surface area contributed by atoms with Crippen LogP contribution in [0.2, 0.25) is 0 Å². The second-order valence-corrected chi connectivity index (χ2v) is 6.48. The van der Waals surface area contributed by atoms with Crippen molar-refractivity contribution in [2.75, 3.05) is 7.11 Å². The molecule has 0 radical (unpaired) electrons. The summed E-state index contributed by atoms with van der Waals surface area (Å²) in [5, 5.41) is 0. The highest BCUT2D eigenvalue weighted by Gasteiger charge is 2.15. The fraction of sp³-hybridized carbons (Fsp3) is 0.105. The van der Waals surface area contributed by atoms with Crippen LogP contribution in [-0.4, -0.2) is 26.6 Å². The zero-order valence-electron chi connectivity index (χ0n) is 13.6. The van der Waals surface area contributed by atoms with Crippen molar-refractivity contribution in [1.82, 2.24) is 19.5 Å². The molecule has 0 aliphatic carbocycles. The fourth-order valence-corrected chi connectivity index (χ4v) is 3.18. The highest BCUT2D eigenvalue weighted by Crippen LogP contribution is 2.28. The van der Waals surface area contributed by atoms with Gasteiger partial charge in [0.05, 0.1) is 13.7 Å². The molecule has 1 aromatic carbocycles. The summed E-state index contributed by atoms with van der Waals surface area (Å²) in [6.07, 6.45) is 5.33. The van der Waals surface area contributed by atoms with Gasteiger partial charge in [0.15, 0.2) is 5.65 Å². The predicted octanol–water partition coefficient (Wildman–Crippen LogP) is 4.31. The number of methoxy groups -OCH3 is 1. The van der Waals surface area contributed by atoms with E-state index < -0.39 is 0 Å². The van der Waals surface area contributed by atoms with Crippen molar-refractivity contribution in [3.63, 3.8) is 0 Å². The average Bonchev–Trinajstić information content (AvgIpc) is 3.00. The van der Waals surface area contributed by atoms with Gasteiger partial charge in [0.2, 0.25) is 0 Å². The Labute approximate surface area is 153 Å². The van der Waals surface area contributed by atoms with Crippen molar-refractivity contribution in [2.45, 2.75) is 6.54 Å². The molecule has 5 nitrogen and oxygen atoms in total. The molecule has 124 valence electrons. The Hall–Kier alpha value is -2.73. The van der Waals surface area contributed by atoms with E-state index in [4.69, 9.17) is 9.72 Å². The lowest BCUT2D eigenvalue weighted by Gasteiger charge is -2.12. The number of pyridine rings is 2. The molecule has 0 aliphatic rings. The maximum atomic E-state index is 5.50. The molecule has 3 aromatic heterocycles. The van der Waals surface area contributed by atoms with Crippen LogP contribution in [0.4, 0.5) is 0 Å². The van der Waals surface area contributed by atoms with E-state index in [1.807, 2.05) is 36.4 Å². The monoisotopic (exact) mass is 394 g/mol. The Morgan fingerprint density at radius 2 is 1.92 bits per heavy atom. The van der Waals surface area contributed by atoms with E-state index in [0.29, 0.717) is 6.54 Å². The van der Waals surface area contributed by atoms with Crippen molar-refractivity contribution < 1.29 is 4.74 Å². The molecule has 0 atom stereocenters. The van der Waals surface area contributed by atoms with E-state index in [9.17, 15) is 0 Å². The second-order valence-electron chi connectivity index (χ2n) is 5.57. The van der Waals surface area contributed by atoms with Gasteiger partial charge in [-0.15, -0.1) is 0 Å². The number of halogens is 1. The van der Waals surface area contributed by atoms with E-state index >= 15 is 0 Å². The van der Waals surface area contributed by atoms with E-state index in [2.05, 4.69) is 36.5 Å². The van der Waals surface area contributed by atoms with Crippen molar-refractivity contribution in [3.05, 3.63) is 71.1 Å². The summed E-state index contributed by atoms with van der Waals surface area (Å²) in [5.74, 6) is 1.70. The highest BCUT2D eigenvalue weighted by molar-refractivity contribution is 9.10. The van der Waals surface area contributed by atoms with Crippen molar-refractivity contribution in [1.29, 1.82) is 0 Å². The molecule has 4 rings (SSSR count). The number of hydrogen-bond donors (Lipinski definition) is 0. The molecule has 0 aliphatic heterocycles. The van der Waals surface area contributed by atoms with E-state index in [0.717, 1.165) is 38.3 Å². The average molecular weight is 395 g/mol. The standard InChI is InChI=1S/C19H15BrN4O/c1-25-17-5-3-2-4-14(17)12-24-18(13-6-8-21-9-7-13)23-16-10-15(20)11-22-19(16)24/h2-11H,12H2,1H3. The zero-order valence-corrected chi connectivity index (χ0v) is 15.1. The van der Waals surface area contributed by atoms with Gasteiger partial charge in [-0.1, -0.05) is 18.2 Å². The Balaban J connectivity index is 1.91.